The molecule has 7 nitrogen and oxygen atoms in total. The minimum Gasteiger partial charge on any atom is -0.396 e. The number of carbonyl (C=O) groups excluding carboxylic acids is 1. The highest BCUT2D eigenvalue weighted by Crippen LogP contribution is 2.20. The summed E-state index contributed by atoms with van der Waals surface area (Å²) in [5.74, 6) is -0.0961. The fraction of sp³-hybridized carbons (Fsp3) is 0.773. The van der Waals surface area contributed by atoms with Crippen molar-refractivity contribution < 1.29 is 9.90 Å². The quantitative estimate of drug-likeness (QED) is 0.543. The van der Waals surface area contributed by atoms with Crippen LogP contribution >= 0.6 is 0 Å². The van der Waals surface area contributed by atoms with Crippen molar-refractivity contribution in [3.8, 4) is 0 Å². The van der Waals surface area contributed by atoms with Gasteiger partial charge in [0, 0.05) is 44.9 Å². The van der Waals surface area contributed by atoms with E-state index in [0.29, 0.717) is 30.7 Å². The zero-order valence-electron chi connectivity index (χ0n) is 18.1. The van der Waals surface area contributed by atoms with Gasteiger partial charge < -0.3 is 20.6 Å². The first kappa shape index (κ1) is 22.3. The second kappa shape index (κ2) is 11.1. The van der Waals surface area contributed by atoms with Crippen molar-refractivity contribution >= 4 is 5.91 Å². The number of piperidine rings is 1. The van der Waals surface area contributed by atoms with Crippen LogP contribution in [0, 0.1) is 0 Å². The van der Waals surface area contributed by atoms with Gasteiger partial charge in [-0.05, 0) is 71.3 Å². The molecule has 2 saturated heterocycles. The summed E-state index contributed by atoms with van der Waals surface area (Å²) >= 11 is 0. The normalized spacial score (nSPS) is 25.5. The maximum atomic E-state index is 12.3. The van der Waals surface area contributed by atoms with E-state index in [1.165, 1.54) is 32.5 Å². The summed E-state index contributed by atoms with van der Waals surface area (Å²) in [5.41, 5.74) is 0.609. The summed E-state index contributed by atoms with van der Waals surface area (Å²) in [6, 6.07) is 1.37. The van der Waals surface area contributed by atoms with Crippen molar-refractivity contribution in [2.24, 2.45) is 0 Å². The lowest BCUT2D eigenvalue weighted by molar-refractivity contribution is -0.118. The number of rotatable bonds is 7. The first-order valence-electron chi connectivity index (χ1n) is 11.3. The van der Waals surface area contributed by atoms with E-state index in [-0.39, 0.29) is 18.7 Å². The molecule has 3 heterocycles. The van der Waals surface area contributed by atoms with Crippen LogP contribution in [0.2, 0.25) is 0 Å². The summed E-state index contributed by atoms with van der Waals surface area (Å²) < 4.78 is 0. The van der Waals surface area contributed by atoms with E-state index < -0.39 is 0 Å². The topological polar surface area (TPSA) is 71.1 Å². The Labute approximate surface area is 175 Å². The highest BCUT2D eigenvalue weighted by molar-refractivity contribution is 5.93. The van der Waals surface area contributed by atoms with Gasteiger partial charge in [-0.2, -0.15) is 0 Å². The lowest BCUT2D eigenvalue weighted by Gasteiger charge is -2.39. The Hall–Kier alpha value is -1.41. The van der Waals surface area contributed by atoms with Gasteiger partial charge in [0.15, 0.2) is 0 Å². The molecule has 0 aromatic carbocycles. The minimum atomic E-state index is -0.0961. The predicted octanol–water partition coefficient (Wildman–Crippen LogP) is 0.735. The molecule has 3 rings (SSSR count). The van der Waals surface area contributed by atoms with Gasteiger partial charge in [0.25, 0.3) is 5.91 Å². The Bertz CT molecular complexity index is 584. The molecule has 0 aromatic heterocycles. The Morgan fingerprint density at radius 1 is 1.17 bits per heavy atom. The van der Waals surface area contributed by atoms with Crippen LogP contribution in [0.1, 0.15) is 39.5 Å². The number of hydrogen-bond donors (Lipinski definition) is 3. The molecule has 3 N–H and O–H groups in total. The number of amides is 1. The molecule has 1 amide bonds. The molecule has 0 bridgehead atoms. The van der Waals surface area contributed by atoms with Gasteiger partial charge in [-0.1, -0.05) is 6.08 Å². The Balaban J connectivity index is 1.47. The molecule has 3 aliphatic heterocycles. The molecule has 1 atom stereocenters. The standard InChI is InChI=1S/C22H39N5O2/c1-18(2)25-13-8-19(9-14-25)26-11-5-12-27(16-15-26)21-7-3-6-20(24-21)22(29)23-10-4-17-28/h3,6-7,18-19,21,24,28H,4-5,8-17H2,1-2H3,(H,23,29). The summed E-state index contributed by atoms with van der Waals surface area (Å²) in [5, 5.41) is 15.1. The van der Waals surface area contributed by atoms with E-state index in [1.54, 1.807) is 0 Å². The Morgan fingerprint density at radius 3 is 2.62 bits per heavy atom. The van der Waals surface area contributed by atoms with Gasteiger partial charge in [0.1, 0.15) is 5.70 Å². The van der Waals surface area contributed by atoms with Gasteiger partial charge in [-0.3, -0.25) is 14.6 Å². The third-order valence-electron chi connectivity index (χ3n) is 6.43. The molecule has 164 valence electrons. The number of nitrogens with zero attached hydrogens (tertiary/aromatic N) is 3. The van der Waals surface area contributed by atoms with E-state index in [2.05, 4.69) is 45.3 Å². The maximum absolute atomic E-state index is 12.3. The SMILES string of the molecule is CC(C)N1CCC(N2CCCN(C3C=CC=C(C(=O)NCCCO)N3)CC2)CC1. The number of dihydropyridines is 1. The molecule has 0 saturated carbocycles. The first-order valence-corrected chi connectivity index (χ1v) is 11.3. The summed E-state index contributed by atoms with van der Waals surface area (Å²) in [6.07, 6.45) is 10.3. The third-order valence-corrected chi connectivity index (χ3v) is 6.43. The van der Waals surface area contributed by atoms with Crippen molar-refractivity contribution in [2.75, 3.05) is 52.4 Å². The Kier molecular flexibility index (Phi) is 8.53. The number of carbonyl (C=O) groups is 1. The molecule has 0 aliphatic carbocycles. The first-order chi connectivity index (χ1) is 14.1. The molecule has 29 heavy (non-hydrogen) atoms. The zero-order chi connectivity index (χ0) is 20.6. The van der Waals surface area contributed by atoms with Crippen molar-refractivity contribution in [3.63, 3.8) is 0 Å². The van der Waals surface area contributed by atoms with E-state index in [9.17, 15) is 4.79 Å². The molecule has 2 fully saturated rings. The number of nitrogens with one attached hydrogen (secondary N) is 2. The largest absolute Gasteiger partial charge is 0.396 e. The summed E-state index contributed by atoms with van der Waals surface area (Å²) in [4.78, 5) is 20.1. The minimum absolute atomic E-state index is 0.0707. The predicted molar refractivity (Wildman–Crippen MR) is 116 cm³/mol. The molecular formula is C22H39N5O2. The number of aliphatic hydroxyl groups excluding tert-OH is 1. The van der Waals surface area contributed by atoms with E-state index in [0.717, 1.165) is 26.1 Å². The van der Waals surface area contributed by atoms with E-state index >= 15 is 0 Å². The van der Waals surface area contributed by atoms with Gasteiger partial charge in [0.2, 0.25) is 0 Å². The highest BCUT2D eigenvalue weighted by atomic mass is 16.3. The molecular weight excluding hydrogens is 366 g/mol. The second-order valence-electron chi connectivity index (χ2n) is 8.67. The second-order valence-corrected chi connectivity index (χ2v) is 8.67. The van der Waals surface area contributed by atoms with Crippen LogP contribution in [-0.2, 0) is 4.79 Å². The zero-order valence-corrected chi connectivity index (χ0v) is 18.1. The van der Waals surface area contributed by atoms with Crippen molar-refractivity contribution in [3.05, 3.63) is 23.9 Å². The lowest BCUT2D eigenvalue weighted by Crippen LogP contribution is -2.50. The van der Waals surface area contributed by atoms with Crippen LogP contribution in [0.3, 0.4) is 0 Å². The fourth-order valence-electron chi connectivity index (χ4n) is 4.61. The molecule has 0 spiro atoms. The summed E-state index contributed by atoms with van der Waals surface area (Å²) in [7, 11) is 0. The van der Waals surface area contributed by atoms with Gasteiger partial charge in [-0.25, -0.2) is 0 Å². The molecule has 0 radical (unpaired) electrons. The average Bonchev–Trinajstić information content (AvgIpc) is 3.00. The maximum Gasteiger partial charge on any atom is 0.267 e. The van der Waals surface area contributed by atoms with Crippen LogP contribution in [0.5, 0.6) is 0 Å². The smallest absolute Gasteiger partial charge is 0.267 e. The Morgan fingerprint density at radius 2 is 1.90 bits per heavy atom. The molecule has 0 aromatic rings. The van der Waals surface area contributed by atoms with E-state index in [1.807, 2.05) is 12.2 Å². The van der Waals surface area contributed by atoms with Gasteiger partial charge in [0.05, 0.1) is 6.17 Å². The average molecular weight is 406 g/mol. The van der Waals surface area contributed by atoms with Gasteiger partial charge >= 0.3 is 0 Å². The van der Waals surface area contributed by atoms with Crippen LogP contribution in [0.4, 0.5) is 0 Å². The molecule has 3 aliphatic rings. The van der Waals surface area contributed by atoms with Crippen LogP contribution < -0.4 is 10.6 Å². The van der Waals surface area contributed by atoms with Crippen molar-refractivity contribution in [1.82, 2.24) is 25.3 Å². The van der Waals surface area contributed by atoms with Crippen molar-refractivity contribution in [2.45, 2.75) is 57.8 Å². The number of hydrogen-bond acceptors (Lipinski definition) is 6. The van der Waals surface area contributed by atoms with Crippen molar-refractivity contribution in [1.29, 1.82) is 0 Å². The fourth-order valence-corrected chi connectivity index (χ4v) is 4.61. The molecule has 7 heteroatoms. The third kappa shape index (κ3) is 6.28. The van der Waals surface area contributed by atoms with Gasteiger partial charge in [-0.15, -0.1) is 0 Å². The van der Waals surface area contributed by atoms with Crippen LogP contribution in [0.15, 0.2) is 23.9 Å². The van der Waals surface area contributed by atoms with Crippen LogP contribution in [0.25, 0.3) is 0 Å². The lowest BCUT2D eigenvalue weighted by atomic mass is 10.0. The number of allylic oxidation sites excluding steroid dienone is 2. The summed E-state index contributed by atoms with van der Waals surface area (Å²) in [6.45, 7) is 11.9. The number of likely N-dealkylation sites (tertiary alicyclic amines) is 1. The number of aliphatic hydroxyl groups is 1. The monoisotopic (exact) mass is 405 g/mol. The van der Waals surface area contributed by atoms with Crippen LogP contribution in [-0.4, -0.2) is 96.4 Å². The molecule has 1 unspecified atom stereocenters. The van der Waals surface area contributed by atoms with E-state index in [4.69, 9.17) is 5.11 Å². The highest BCUT2D eigenvalue weighted by Gasteiger charge is 2.29.